The minimum Gasteiger partial charge on any atom is -0.508 e. The molecule has 0 saturated carbocycles. The average molecular weight is 392 g/mol. The van der Waals surface area contributed by atoms with E-state index in [1.807, 2.05) is 29.2 Å². The molecule has 1 aliphatic rings. The first-order valence-electron chi connectivity index (χ1n) is 9.64. The van der Waals surface area contributed by atoms with Crippen LogP contribution in [0.3, 0.4) is 0 Å². The number of benzene rings is 2. The molecule has 4 rings (SSSR count). The molecular weight excluding hydrogens is 368 g/mol. The highest BCUT2D eigenvalue weighted by Crippen LogP contribution is 2.33. The molecule has 8 nitrogen and oxygen atoms in total. The van der Waals surface area contributed by atoms with Crippen molar-refractivity contribution in [3.8, 4) is 17.1 Å². The minimum absolute atomic E-state index is 0.0459. The first kappa shape index (κ1) is 19.1. The van der Waals surface area contributed by atoms with Crippen LogP contribution in [-0.2, 0) is 6.42 Å². The normalized spacial score (nSPS) is 15.8. The number of anilines is 2. The van der Waals surface area contributed by atoms with E-state index in [0.717, 1.165) is 12.0 Å². The smallest absolute Gasteiger partial charge is 0.231 e. The number of nitrogens with one attached hydrogen (secondary N) is 1. The molecule has 0 aliphatic carbocycles. The number of nitrogens with two attached hydrogens (primary N) is 1. The third-order valence-corrected chi connectivity index (χ3v) is 5.00. The number of aromatic hydroxyl groups is 1. The van der Waals surface area contributed by atoms with E-state index in [2.05, 4.69) is 26.3 Å². The molecule has 1 aliphatic heterocycles. The molecule has 1 atom stereocenters. The van der Waals surface area contributed by atoms with E-state index in [0.29, 0.717) is 42.9 Å². The maximum atomic E-state index is 10.1. The van der Waals surface area contributed by atoms with E-state index in [1.165, 1.54) is 5.56 Å². The fourth-order valence-corrected chi connectivity index (χ4v) is 3.62. The van der Waals surface area contributed by atoms with Crippen LogP contribution in [0.1, 0.15) is 17.2 Å². The summed E-state index contributed by atoms with van der Waals surface area (Å²) in [7, 11) is 0. The molecule has 0 radical (unpaired) electrons. The van der Waals surface area contributed by atoms with E-state index in [9.17, 15) is 10.2 Å². The van der Waals surface area contributed by atoms with Crippen molar-refractivity contribution < 1.29 is 10.2 Å². The van der Waals surface area contributed by atoms with Gasteiger partial charge in [0.25, 0.3) is 0 Å². The highest BCUT2D eigenvalue weighted by atomic mass is 16.3. The van der Waals surface area contributed by atoms with Gasteiger partial charge in [0.15, 0.2) is 5.82 Å². The fourth-order valence-electron chi connectivity index (χ4n) is 3.62. The molecule has 8 heteroatoms. The number of phenolic OH excluding ortho intramolecular Hbond substituents is 1. The summed E-state index contributed by atoms with van der Waals surface area (Å²) in [6, 6.07) is 14.7. The molecule has 150 valence electrons. The van der Waals surface area contributed by atoms with Crippen LogP contribution in [0.25, 0.3) is 11.4 Å². The average Bonchev–Trinajstić information content (AvgIpc) is 2.76. The van der Waals surface area contributed by atoms with E-state index in [-0.39, 0.29) is 18.4 Å². The monoisotopic (exact) mass is 392 g/mol. The van der Waals surface area contributed by atoms with Gasteiger partial charge in [-0.1, -0.05) is 36.4 Å². The number of fused-ring (bicyclic) bond motifs is 1. The van der Waals surface area contributed by atoms with Crippen molar-refractivity contribution in [2.24, 2.45) is 5.73 Å². The Kier molecular flexibility index (Phi) is 5.55. The second-order valence-electron chi connectivity index (χ2n) is 6.89. The Hall–Kier alpha value is -3.23. The van der Waals surface area contributed by atoms with Gasteiger partial charge in [0, 0.05) is 25.2 Å². The Labute approximate surface area is 169 Å². The van der Waals surface area contributed by atoms with Crippen LogP contribution in [0.2, 0.25) is 0 Å². The zero-order valence-corrected chi connectivity index (χ0v) is 16.0. The molecule has 3 aromatic rings. The number of aliphatic hydroxyl groups excluding tert-OH is 1. The summed E-state index contributed by atoms with van der Waals surface area (Å²) >= 11 is 0. The molecule has 0 spiro atoms. The lowest BCUT2D eigenvalue weighted by atomic mass is 9.93. The quantitative estimate of drug-likeness (QED) is 0.500. The van der Waals surface area contributed by atoms with Gasteiger partial charge in [0.1, 0.15) is 5.75 Å². The van der Waals surface area contributed by atoms with Crippen LogP contribution in [-0.4, -0.2) is 51.4 Å². The zero-order chi connectivity index (χ0) is 20.2. The maximum Gasteiger partial charge on any atom is 0.231 e. The largest absolute Gasteiger partial charge is 0.508 e. The van der Waals surface area contributed by atoms with Gasteiger partial charge < -0.3 is 26.2 Å². The van der Waals surface area contributed by atoms with Crippen LogP contribution in [0.4, 0.5) is 11.9 Å². The van der Waals surface area contributed by atoms with Crippen molar-refractivity contribution in [3.63, 3.8) is 0 Å². The number of rotatable bonds is 6. The van der Waals surface area contributed by atoms with Crippen molar-refractivity contribution in [3.05, 3.63) is 59.7 Å². The van der Waals surface area contributed by atoms with Gasteiger partial charge in [0.05, 0.1) is 12.6 Å². The number of aromatic nitrogens is 3. The SMILES string of the molecule is NCCNc1nc(-c2cccc(O)c2)nc(N2CCc3ccccc3C2CO)n1. The van der Waals surface area contributed by atoms with Crippen LogP contribution in [0, 0.1) is 0 Å². The zero-order valence-electron chi connectivity index (χ0n) is 16.0. The van der Waals surface area contributed by atoms with Crippen molar-refractivity contribution >= 4 is 11.9 Å². The topological polar surface area (TPSA) is 120 Å². The molecular formula is C21H24N6O2. The van der Waals surface area contributed by atoms with Crippen LogP contribution in [0.5, 0.6) is 5.75 Å². The Bertz CT molecular complexity index is 996. The van der Waals surface area contributed by atoms with Gasteiger partial charge in [-0.15, -0.1) is 0 Å². The van der Waals surface area contributed by atoms with E-state index < -0.39 is 0 Å². The number of hydrogen-bond donors (Lipinski definition) is 4. The summed E-state index contributed by atoms with van der Waals surface area (Å²) in [5.41, 5.74) is 8.60. The number of hydrogen-bond acceptors (Lipinski definition) is 8. The molecule has 2 aromatic carbocycles. The van der Waals surface area contributed by atoms with Gasteiger partial charge in [-0.05, 0) is 29.7 Å². The second kappa shape index (κ2) is 8.42. The Balaban J connectivity index is 1.77. The molecule has 0 saturated heterocycles. The van der Waals surface area contributed by atoms with Gasteiger partial charge in [-0.3, -0.25) is 0 Å². The molecule has 0 bridgehead atoms. The van der Waals surface area contributed by atoms with Crippen molar-refractivity contribution in [1.82, 2.24) is 15.0 Å². The van der Waals surface area contributed by atoms with Gasteiger partial charge >= 0.3 is 0 Å². The molecule has 29 heavy (non-hydrogen) atoms. The highest BCUT2D eigenvalue weighted by Gasteiger charge is 2.29. The summed E-state index contributed by atoms with van der Waals surface area (Å²) in [5.74, 6) is 1.47. The molecule has 1 unspecified atom stereocenters. The predicted molar refractivity (Wildman–Crippen MR) is 112 cm³/mol. The second-order valence-corrected chi connectivity index (χ2v) is 6.89. The lowest BCUT2D eigenvalue weighted by molar-refractivity contribution is 0.256. The van der Waals surface area contributed by atoms with E-state index >= 15 is 0 Å². The molecule has 5 N–H and O–H groups in total. The maximum absolute atomic E-state index is 10.1. The first-order valence-corrected chi connectivity index (χ1v) is 9.64. The number of aliphatic hydroxyl groups is 1. The molecule has 0 amide bonds. The molecule has 1 aromatic heterocycles. The Morgan fingerprint density at radius 3 is 2.76 bits per heavy atom. The standard InChI is InChI=1S/C21H24N6O2/c22-9-10-23-20-24-19(15-5-3-6-16(29)12-15)25-21(26-20)27-11-8-14-4-1-2-7-17(14)18(27)13-28/h1-7,12,18,28-29H,8-11,13,22H2,(H,23,24,25,26). The molecule has 0 fully saturated rings. The van der Waals surface area contributed by atoms with Crippen molar-refractivity contribution in [1.29, 1.82) is 0 Å². The summed E-state index contributed by atoms with van der Waals surface area (Å²) in [4.78, 5) is 15.7. The Morgan fingerprint density at radius 1 is 1.10 bits per heavy atom. The van der Waals surface area contributed by atoms with Gasteiger partial charge in [0.2, 0.25) is 11.9 Å². The van der Waals surface area contributed by atoms with Crippen molar-refractivity contribution in [2.45, 2.75) is 12.5 Å². The third kappa shape index (κ3) is 3.98. The van der Waals surface area contributed by atoms with Gasteiger partial charge in [-0.25, -0.2) is 0 Å². The Morgan fingerprint density at radius 2 is 1.97 bits per heavy atom. The lowest BCUT2D eigenvalue weighted by Gasteiger charge is -2.36. The van der Waals surface area contributed by atoms with E-state index in [1.54, 1.807) is 18.2 Å². The van der Waals surface area contributed by atoms with Crippen LogP contribution in [0.15, 0.2) is 48.5 Å². The van der Waals surface area contributed by atoms with Crippen molar-refractivity contribution in [2.75, 3.05) is 36.5 Å². The highest BCUT2D eigenvalue weighted by molar-refractivity contribution is 5.60. The molecule has 2 heterocycles. The fraction of sp³-hybridized carbons (Fsp3) is 0.286. The summed E-state index contributed by atoms with van der Waals surface area (Å²) < 4.78 is 0. The summed E-state index contributed by atoms with van der Waals surface area (Å²) in [6.07, 6.45) is 0.839. The summed E-state index contributed by atoms with van der Waals surface area (Å²) in [5, 5.41) is 23.1. The number of nitrogens with zero attached hydrogens (tertiary/aromatic N) is 4. The van der Waals surface area contributed by atoms with Crippen LogP contribution < -0.4 is 16.0 Å². The van der Waals surface area contributed by atoms with Crippen LogP contribution >= 0.6 is 0 Å². The van der Waals surface area contributed by atoms with Gasteiger partial charge in [-0.2, -0.15) is 15.0 Å². The predicted octanol–water partition coefficient (Wildman–Crippen LogP) is 1.71. The third-order valence-electron chi connectivity index (χ3n) is 5.00. The summed E-state index contributed by atoms with van der Waals surface area (Å²) in [6.45, 7) is 1.60. The lowest BCUT2D eigenvalue weighted by Crippen LogP contribution is -2.38. The minimum atomic E-state index is -0.235. The first-order chi connectivity index (χ1) is 14.2. The number of phenols is 1. The van der Waals surface area contributed by atoms with E-state index in [4.69, 9.17) is 5.73 Å².